The molecule has 102 valence electrons. The molecular formula is C16H16N2OS. The molecule has 0 saturated carbocycles. The Hall–Kier alpha value is -2.07. The van der Waals surface area contributed by atoms with Gasteiger partial charge < -0.3 is 9.88 Å². The number of carbonyl (C=O) groups is 1. The third kappa shape index (κ3) is 2.23. The van der Waals surface area contributed by atoms with Crippen molar-refractivity contribution in [1.82, 2.24) is 9.88 Å². The van der Waals surface area contributed by atoms with Crippen LogP contribution in [0.2, 0.25) is 0 Å². The number of aryl methyl sites for hydroxylation is 1. The average molecular weight is 284 g/mol. The van der Waals surface area contributed by atoms with E-state index in [0.29, 0.717) is 6.54 Å². The van der Waals surface area contributed by atoms with Crippen LogP contribution in [0, 0.1) is 6.92 Å². The van der Waals surface area contributed by atoms with Gasteiger partial charge in [-0.15, -0.1) is 11.3 Å². The summed E-state index contributed by atoms with van der Waals surface area (Å²) in [6.45, 7) is 2.73. The lowest BCUT2D eigenvalue weighted by molar-refractivity contribution is 0.0788. The number of benzene rings is 1. The number of thiophene rings is 1. The Morgan fingerprint density at radius 1 is 1.30 bits per heavy atom. The minimum absolute atomic E-state index is 0.0471. The smallest absolute Gasteiger partial charge is 0.256 e. The summed E-state index contributed by atoms with van der Waals surface area (Å²) >= 11 is 1.69. The Kier molecular flexibility index (Phi) is 3.32. The number of hydrogen-bond acceptors (Lipinski definition) is 2. The van der Waals surface area contributed by atoms with Gasteiger partial charge in [-0.25, -0.2) is 0 Å². The van der Waals surface area contributed by atoms with E-state index in [1.54, 1.807) is 16.2 Å². The lowest BCUT2D eigenvalue weighted by Gasteiger charge is -2.17. The molecule has 0 spiro atoms. The van der Waals surface area contributed by atoms with Crippen LogP contribution in [0.15, 0.2) is 41.9 Å². The Balaban J connectivity index is 1.88. The Morgan fingerprint density at radius 2 is 2.15 bits per heavy atom. The van der Waals surface area contributed by atoms with Gasteiger partial charge in [0.25, 0.3) is 5.91 Å². The summed E-state index contributed by atoms with van der Waals surface area (Å²) in [7, 11) is 1.85. The highest BCUT2D eigenvalue weighted by Crippen LogP contribution is 2.21. The molecular weight excluding hydrogens is 268 g/mol. The zero-order valence-electron chi connectivity index (χ0n) is 11.5. The number of rotatable bonds is 3. The minimum Gasteiger partial charge on any atom is -0.361 e. The summed E-state index contributed by atoms with van der Waals surface area (Å²) < 4.78 is 0. The first-order valence-electron chi connectivity index (χ1n) is 6.51. The van der Waals surface area contributed by atoms with Gasteiger partial charge in [0.05, 0.1) is 17.6 Å². The molecule has 2 aromatic heterocycles. The number of fused-ring (bicyclic) bond motifs is 1. The fraction of sp³-hybridized carbons (Fsp3) is 0.188. The number of hydrogen-bond donors (Lipinski definition) is 1. The van der Waals surface area contributed by atoms with Gasteiger partial charge in [0, 0.05) is 23.5 Å². The second kappa shape index (κ2) is 5.13. The normalized spacial score (nSPS) is 10.9. The van der Waals surface area contributed by atoms with Crippen LogP contribution in [0.3, 0.4) is 0 Å². The zero-order valence-corrected chi connectivity index (χ0v) is 12.3. The van der Waals surface area contributed by atoms with Crippen LogP contribution in [0.5, 0.6) is 0 Å². The van der Waals surface area contributed by atoms with Gasteiger partial charge in [0.2, 0.25) is 0 Å². The van der Waals surface area contributed by atoms with E-state index in [1.807, 2.05) is 37.5 Å². The van der Waals surface area contributed by atoms with Crippen LogP contribution < -0.4 is 0 Å². The van der Waals surface area contributed by atoms with E-state index in [2.05, 4.69) is 23.4 Å². The first kappa shape index (κ1) is 12.9. The Bertz CT molecular complexity index is 757. The molecule has 0 radical (unpaired) electrons. The van der Waals surface area contributed by atoms with Crippen LogP contribution >= 0.6 is 11.3 Å². The summed E-state index contributed by atoms with van der Waals surface area (Å²) in [5.41, 5.74) is 2.88. The van der Waals surface area contributed by atoms with E-state index in [-0.39, 0.29) is 5.91 Å². The number of H-pyrrole nitrogens is 1. The van der Waals surface area contributed by atoms with Crippen LogP contribution in [-0.4, -0.2) is 22.8 Å². The first-order chi connectivity index (χ1) is 9.66. The van der Waals surface area contributed by atoms with Crippen molar-refractivity contribution in [2.45, 2.75) is 13.5 Å². The Labute approximate surface area is 121 Å². The molecule has 0 aliphatic rings. The summed E-state index contributed by atoms with van der Waals surface area (Å²) in [4.78, 5) is 18.8. The number of aromatic nitrogens is 1. The van der Waals surface area contributed by atoms with E-state index >= 15 is 0 Å². The molecule has 0 aliphatic heterocycles. The minimum atomic E-state index is 0.0471. The van der Waals surface area contributed by atoms with Gasteiger partial charge in [0.1, 0.15) is 0 Å². The lowest BCUT2D eigenvalue weighted by Crippen LogP contribution is -2.26. The van der Waals surface area contributed by atoms with E-state index in [9.17, 15) is 4.79 Å². The molecule has 20 heavy (non-hydrogen) atoms. The van der Waals surface area contributed by atoms with Crippen LogP contribution in [0.4, 0.5) is 0 Å². The van der Waals surface area contributed by atoms with Crippen LogP contribution in [0.25, 0.3) is 10.9 Å². The molecule has 3 nitrogen and oxygen atoms in total. The van der Waals surface area contributed by atoms with Crippen LogP contribution in [0.1, 0.15) is 20.8 Å². The van der Waals surface area contributed by atoms with Crippen molar-refractivity contribution in [3.63, 3.8) is 0 Å². The number of nitrogens with one attached hydrogen (secondary N) is 1. The molecule has 3 aromatic rings. The highest BCUT2D eigenvalue weighted by molar-refractivity contribution is 7.10. The van der Waals surface area contributed by atoms with Gasteiger partial charge >= 0.3 is 0 Å². The second-order valence-corrected chi connectivity index (χ2v) is 5.94. The topological polar surface area (TPSA) is 36.1 Å². The summed E-state index contributed by atoms with van der Waals surface area (Å²) in [6.07, 6.45) is 1.87. The Morgan fingerprint density at radius 3 is 2.90 bits per heavy atom. The number of para-hydroxylation sites is 1. The van der Waals surface area contributed by atoms with E-state index in [0.717, 1.165) is 16.5 Å². The van der Waals surface area contributed by atoms with Crippen molar-refractivity contribution >= 4 is 28.1 Å². The van der Waals surface area contributed by atoms with Crippen molar-refractivity contribution < 1.29 is 4.79 Å². The second-order valence-electron chi connectivity index (χ2n) is 4.94. The van der Waals surface area contributed by atoms with Gasteiger partial charge in [-0.1, -0.05) is 12.1 Å². The predicted molar refractivity (Wildman–Crippen MR) is 83.2 cm³/mol. The SMILES string of the molecule is Cc1ccsc1CN(C)C(=O)c1cccc2cc[nH]c12. The van der Waals surface area contributed by atoms with E-state index in [4.69, 9.17) is 0 Å². The molecule has 4 heteroatoms. The zero-order chi connectivity index (χ0) is 14.1. The molecule has 1 N–H and O–H groups in total. The summed E-state index contributed by atoms with van der Waals surface area (Å²) in [6, 6.07) is 9.87. The largest absolute Gasteiger partial charge is 0.361 e. The van der Waals surface area contributed by atoms with Crippen molar-refractivity contribution in [1.29, 1.82) is 0 Å². The quantitative estimate of drug-likeness (QED) is 0.780. The molecule has 0 bridgehead atoms. The van der Waals surface area contributed by atoms with Crippen LogP contribution in [-0.2, 0) is 6.54 Å². The van der Waals surface area contributed by atoms with Crippen molar-refractivity contribution in [3.8, 4) is 0 Å². The van der Waals surface area contributed by atoms with Crippen molar-refractivity contribution in [2.75, 3.05) is 7.05 Å². The van der Waals surface area contributed by atoms with Gasteiger partial charge in [-0.2, -0.15) is 0 Å². The molecule has 1 aromatic carbocycles. The number of carbonyl (C=O) groups excluding carboxylic acids is 1. The maximum absolute atomic E-state index is 12.6. The highest BCUT2D eigenvalue weighted by atomic mass is 32.1. The molecule has 0 aliphatic carbocycles. The molecule has 3 rings (SSSR count). The monoisotopic (exact) mass is 284 g/mol. The van der Waals surface area contributed by atoms with Crippen molar-refractivity contribution in [2.24, 2.45) is 0 Å². The standard InChI is InChI=1S/C16H16N2OS/c1-11-7-9-20-14(11)10-18(2)16(19)13-5-3-4-12-6-8-17-15(12)13/h3-9,17H,10H2,1-2H3. The van der Waals surface area contributed by atoms with Gasteiger partial charge in [-0.05, 0) is 36.1 Å². The summed E-state index contributed by atoms with van der Waals surface area (Å²) in [5, 5.41) is 3.13. The average Bonchev–Trinajstić information content (AvgIpc) is 3.07. The summed E-state index contributed by atoms with van der Waals surface area (Å²) in [5.74, 6) is 0.0471. The predicted octanol–water partition coefficient (Wildman–Crippen LogP) is 3.81. The van der Waals surface area contributed by atoms with E-state index in [1.165, 1.54) is 10.4 Å². The molecule has 0 atom stereocenters. The number of nitrogens with zero attached hydrogens (tertiary/aromatic N) is 1. The first-order valence-corrected chi connectivity index (χ1v) is 7.39. The molecule has 0 fully saturated rings. The maximum Gasteiger partial charge on any atom is 0.256 e. The molecule has 1 amide bonds. The highest BCUT2D eigenvalue weighted by Gasteiger charge is 2.16. The maximum atomic E-state index is 12.6. The molecule has 0 saturated heterocycles. The fourth-order valence-corrected chi connectivity index (χ4v) is 3.28. The third-order valence-corrected chi connectivity index (χ3v) is 4.52. The lowest BCUT2D eigenvalue weighted by atomic mass is 10.1. The van der Waals surface area contributed by atoms with Gasteiger partial charge in [-0.3, -0.25) is 4.79 Å². The fourth-order valence-electron chi connectivity index (χ4n) is 2.32. The third-order valence-electron chi connectivity index (χ3n) is 3.51. The number of aromatic amines is 1. The molecule has 2 heterocycles. The van der Waals surface area contributed by atoms with Crippen molar-refractivity contribution in [3.05, 3.63) is 57.9 Å². The van der Waals surface area contributed by atoms with E-state index < -0.39 is 0 Å². The molecule has 0 unspecified atom stereocenters. The number of amides is 1. The van der Waals surface area contributed by atoms with Gasteiger partial charge in [0.15, 0.2) is 0 Å².